The van der Waals surface area contributed by atoms with Crippen LogP contribution in [0.4, 0.5) is 5.69 Å². The highest BCUT2D eigenvalue weighted by molar-refractivity contribution is 6.32. The van der Waals surface area contributed by atoms with Gasteiger partial charge in [-0.2, -0.15) is 0 Å². The van der Waals surface area contributed by atoms with Crippen molar-refractivity contribution >= 4 is 17.3 Å². The molecule has 1 aliphatic heterocycles. The lowest BCUT2D eigenvalue weighted by molar-refractivity contribution is 0.184. The molecule has 1 aliphatic rings. The number of aromatic nitrogens is 2. The first-order valence-electron chi connectivity index (χ1n) is 5.68. The molecule has 2 rings (SSSR count). The molecule has 0 spiro atoms. The molecule has 17 heavy (non-hydrogen) atoms. The maximum Gasteiger partial charge on any atom is 0.257 e. The average molecular weight is 261 g/mol. The van der Waals surface area contributed by atoms with Crippen LogP contribution in [0.25, 0.3) is 0 Å². The Hall–Kier alpha value is -0.980. The maximum atomic E-state index is 6.12. The first-order valence-corrected chi connectivity index (χ1v) is 6.06. The van der Waals surface area contributed by atoms with Crippen LogP contribution in [0.5, 0.6) is 5.88 Å². The first-order chi connectivity index (χ1) is 8.24. The zero-order valence-electron chi connectivity index (χ0n) is 9.56. The van der Waals surface area contributed by atoms with E-state index in [4.69, 9.17) is 32.5 Å². The van der Waals surface area contributed by atoms with E-state index in [0.29, 0.717) is 36.5 Å². The quantitative estimate of drug-likeness (QED) is 0.765. The molecule has 1 unspecified atom stereocenters. The van der Waals surface area contributed by atoms with Crippen molar-refractivity contribution in [1.82, 2.24) is 9.78 Å². The van der Waals surface area contributed by atoms with E-state index in [-0.39, 0.29) is 6.04 Å². The van der Waals surface area contributed by atoms with E-state index in [1.165, 1.54) is 0 Å². The second-order valence-corrected chi connectivity index (χ2v) is 4.32. The lowest BCUT2D eigenvalue weighted by Crippen LogP contribution is -2.11. The number of anilines is 1. The Kier molecular flexibility index (Phi) is 4.09. The fourth-order valence-corrected chi connectivity index (χ4v) is 1.98. The Morgan fingerprint density at radius 1 is 1.59 bits per heavy atom. The molecule has 0 aliphatic carbocycles. The SMILES string of the molecule is NCCCOc1nn(C2CCOC2)c(Cl)c1N. The second-order valence-electron chi connectivity index (χ2n) is 3.96. The van der Waals surface area contributed by atoms with Crippen LogP contribution in [0.3, 0.4) is 0 Å². The van der Waals surface area contributed by atoms with Crippen molar-refractivity contribution in [2.45, 2.75) is 18.9 Å². The molecule has 0 aromatic carbocycles. The summed E-state index contributed by atoms with van der Waals surface area (Å²) >= 11 is 6.12. The number of nitrogens with zero attached hydrogens (tertiary/aromatic N) is 2. The molecular weight excluding hydrogens is 244 g/mol. The van der Waals surface area contributed by atoms with Crippen molar-refractivity contribution in [3.05, 3.63) is 5.15 Å². The Bertz CT molecular complexity index is 377. The van der Waals surface area contributed by atoms with E-state index in [2.05, 4.69) is 5.10 Å². The molecule has 96 valence electrons. The van der Waals surface area contributed by atoms with Gasteiger partial charge in [0.2, 0.25) is 0 Å². The monoisotopic (exact) mass is 260 g/mol. The van der Waals surface area contributed by atoms with Gasteiger partial charge in [-0.3, -0.25) is 0 Å². The van der Waals surface area contributed by atoms with Crippen LogP contribution in [-0.4, -0.2) is 36.1 Å². The molecule has 1 aromatic heterocycles. The summed E-state index contributed by atoms with van der Waals surface area (Å²) in [4.78, 5) is 0. The molecule has 4 N–H and O–H groups in total. The van der Waals surface area contributed by atoms with Crippen molar-refractivity contribution in [2.24, 2.45) is 5.73 Å². The number of halogens is 1. The number of hydrogen-bond donors (Lipinski definition) is 2. The van der Waals surface area contributed by atoms with E-state index in [0.717, 1.165) is 19.4 Å². The summed E-state index contributed by atoms with van der Waals surface area (Å²) in [5.74, 6) is 0.385. The van der Waals surface area contributed by atoms with Crippen molar-refractivity contribution in [1.29, 1.82) is 0 Å². The van der Waals surface area contributed by atoms with Crippen LogP contribution in [-0.2, 0) is 4.74 Å². The van der Waals surface area contributed by atoms with Crippen LogP contribution < -0.4 is 16.2 Å². The summed E-state index contributed by atoms with van der Waals surface area (Å²) in [6.07, 6.45) is 1.65. The standard InChI is InChI=1S/C10H17ClN4O2/c11-9-8(13)10(17-4-1-3-12)14-15(9)7-2-5-16-6-7/h7H,1-6,12-13H2. The predicted molar refractivity (Wildman–Crippen MR) is 65.3 cm³/mol. The molecule has 1 saturated heterocycles. The number of ether oxygens (including phenoxy) is 2. The minimum atomic E-state index is 0.150. The normalized spacial score (nSPS) is 19.8. The third kappa shape index (κ3) is 2.65. The maximum absolute atomic E-state index is 6.12. The minimum Gasteiger partial charge on any atom is -0.475 e. The van der Waals surface area contributed by atoms with Crippen LogP contribution in [0.15, 0.2) is 0 Å². The lowest BCUT2D eigenvalue weighted by atomic mass is 10.3. The molecule has 1 fully saturated rings. The fourth-order valence-electron chi connectivity index (χ4n) is 1.72. The first kappa shape index (κ1) is 12.5. The third-order valence-electron chi connectivity index (χ3n) is 2.69. The summed E-state index contributed by atoms with van der Waals surface area (Å²) in [5.41, 5.74) is 11.6. The van der Waals surface area contributed by atoms with E-state index in [1.54, 1.807) is 4.68 Å². The van der Waals surface area contributed by atoms with Gasteiger partial charge >= 0.3 is 0 Å². The number of nitrogen functional groups attached to an aromatic ring is 1. The minimum absolute atomic E-state index is 0.150. The highest BCUT2D eigenvalue weighted by Gasteiger charge is 2.24. The Balaban J connectivity index is 2.09. The van der Waals surface area contributed by atoms with Gasteiger partial charge < -0.3 is 20.9 Å². The topological polar surface area (TPSA) is 88.3 Å². The molecule has 0 saturated carbocycles. The van der Waals surface area contributed by atoms with E-state index < -0.39 is 0 Å². The van der Waals surface area contributed by atoms with E-state index >= 15 is 0 Å². The molecule has 2 heterocycles. The van der Waals surface area contributed by atoms with Crippen LogP contribution in [0.1, 0.15) is 18.9 Å². The average Bonchev–Trinajstić information content (AvgIpc) is 2.93. The zero-order valence-corrected chi connectivity index (χ0v) is 10.3. The number of rotatable bonds is 5. The van der Waals surface area contributed by atoms with Crippen molar-refractivity contribution in [3.63, 3.8) is 0 Å². The molecular formula is C10H17ClN4O2. The van der Waals surface area contributed by atoms with Gasteiger partial charge in [-0.05, 0) is 19.4 Å². The van der Waals surface area contributed by atoms with Crippen LogP contribution >= 0.6 is 11.6 Å². The highest BCUT2D eigenvalue weighted by Crippen LogP contribution is 2.33. The van der Waals surface area contributed by atoms with Gasteiger partial charge in [0.25, 0.3) is 5.88 Å². The summed E-state index contributed by atoms with van der Waals surface area (Å²) in [5, 5.41) is 4.70. The molecule has 1 atom stereocenters. The lowest BCUT2D eigenvalue weighted by Gasteiger charge is -2.08. The zero-order chi connectivity index (χ0) is 12.3. The Morgan fingerprint density at radius 3 is 3.06 bits per heavy atom. The van der Waals surface area contributed by atoms with Crippen LogP contribution in [0, 0.1) is 0 Å². The van der Waals surface area contributed by atoms with Crippen LogP contribution in [0.2, 0.25) is 5.15 Å². The molecule has 6 nitrogen and oxygen atoms in total. The van der Waals surface area contributed by atoms with Gasteiger partial charge in [-0.1, -0.05) is 11.6 Å². The number of hydrogen-bond acceptors (Lipinski definition) is 5. The molecule has 0 amide bonds. The van der Waals surface area contributed by atoms with Crippen molar-refractivity contribution in [2.75, 3.05) is 32.1 Å². The van der Waals surface area contributed by atoms with Gasteiger partial charge in [0.05, 0.1) is 19.3 Å². The summed E-state index contributed by atoms with van der Waals surface area (Å²) in [6.45, 7) is 2.41. The van der Waals surface area contributed by atoms with Gasteiger partial charge in [0.15, 0.2) is 5.15 Å². The van der Waals surface area contributed by atoms with Crippen molar-refractivity contribution < 1.29 is 9.47 Å². The van der Waals surface area contributed by atoms with Gasteiger partial charge in [-0.15, -0.1) is 5.10 Å². The molecule has 0 radical (unpaired) electrons. The molecule has 0 bridgehead atoms. The third-order valence-corrected chi connectivity index (χ3v) is 3.07. The summed E-state index contributed by atoms with van der Waals surface area (Å²) in [6, 6.07) is 0.150. The highest BCUT2D eigenvalue weighted by atomic mass is 35.5. The Labute approximate surface area is 105 Å². The fraction of sp³-hybridized carbons (Fsp3) is 0.700. The van der Waals surface area contributed by atoms with Gasteiger partial charge in [0.1, 0.15) is 5.69 Å². The molecule has 1 aromatic rings. The van der Waals surface area contributed by atoms with E-state index in [1.807, 2.05) is 0 Å². The smallest absolute Gasteiger partial charge is 0.257 e. The largest absolute Gasteiger partial charge is 0.475 e. The molecule has 7 heteroatoms. The Morgan fingerprint density at radius 2 is 2.41 bits per heavy atom. The van der Waals surface area contributed by atoms with Gasteiger partial charge in [0, 0.05) is 6.61 Å². The summed E-state index contributed by atoms with van der Waals surface area (Å²) in [7, 11) is 0. The summed E-state index contributed by atoms with van der Waals surface area (Å²) < 4.78 is 12.4. The van der Waals surface area contributed by atoms with Gasteiger partial charge in [-0.25, -0.2) is 4.68 Å². The predicted octanol–water partition coefficient (Wildman–Crippen LogP) is 0.808. The van der Waals surface area contributed by atoms with Crippen molar-refractivity contribution in [3.8, 4) is 5.88 Å². The second kappa shape index (κ2) is 5.57. The number of nitrogens with two attached hydrogens (primary N) is 2. The van der Waals surface area contributed by atoms with E-state index in [9.17, 15) is 0 Å².